The Kier molecular flexibility index (Phi) is 5.94. The summed E-state index contributed by atoms with van der Waals surface area (Å²) in [6, 6.07) is 22.1. The molecule has 1 spiro atoms. The van der Waals surface area contributed by atoms with Gasteiger partial charge < -0.3 is 14.4 Å². The number of aromatic nitrogens is 1. The Morgan fingerprint density at radius 3 is 2.59 bits per heavy atom. The molecule has 2 aliphatic heterocycles. The summed E-state index contributed by atoms with van der Waals surface area (Å²) >= 11 is 0. The van der Waals surface area contributed by atoms with Gasteiger partial charge in [0.25, 0.3) is 5.91 Å². The lowest BCUT2D eigenvalue weighted by atomic mass is 9.80. The quantitative estimate of drug-likeness (QED) is 0.573. The topological polar surface area (TPSA) is 51.7 Å². The zero-order valence-corrected chi connectivity index (χ0v) is 18.6. The Labute approximate surface area is 189 Å². The summed E-state index contributed by atoms with van der Waals surface area (Å²) in [4.78, 5) is 19.7. The minimum atomic E-state index is -0.244. The molecule has 1 amide bonds. The zero-order valence-electron chi connectivity index (χ0n) is 18.6. The maximum atomic E-state index is 13.2. The summed E-state index contributed by atoms with van der Waals surface area (Å²) in [7, 11) is 0. The number of pyridine rings is 1. The number of hydrogen-bond donors (Lipinski definition) is 0. The van der Waals surface area contributed by atoms with Crippen molar-refractivity contribution < 1.29 is 14.3 Å². The standard InChI is InChI=1S/C27H30N2O3/c1-2-31-22-18-25(21-9-4-3-5-10-21)32-27(19-22)14-16-29(17-15-27)26(30)24-13-12-20-8-6-7-11-23(20)28-24/h3-13,22,25H,2,14-19H2,1H3/t22-,25-/m0/s1. The third kappa shape index (κ3) is 4.27. The molecule has 2 atom stereocenters. The van der Waals surface area contributed by atoms with E-state index in [1.165, 1.54) is 5.56 Å². The minimum absolute atomic E-state index is 0.00220. The smallest absolute Gasteiger partial charge is 0.272 e. The van der Waals surface area contributed by atoms with Crippen LogP contribution in [-0.2, 0) is 9.47 Å². The monoisotopic (exact) mass is 430 g/mol. The highest BCUT2D eigenvalue weighted by molar-refractivity contribution is 5.95. The number of nitrogens with zero attached hydrogens (tertiary/aromatic N) is 2. The molecular formula is C27H30N2O3. The molecule has 166 valence electrons. The third-order valence-corrected chi connectivity index (χ3v) is 6.82. The van der Waals surface area contributed by atoms with E-state index < -0.39 is 0 Å². The third-order valence-electron chi connectivity index (χ3n) is 6.82. The van der Waals surface area contributed by atoms with Crippen LogP contribution >= 0.6 is 0 Å². The van der Waals surface area contributed by atoms with Gasteiger partial charge in [-0.3, -0.25) is 4.79 Å². The summed E-state index contributed by atoms with van der Waals surface area (Å²) in [6.07, 6.45) is 3.62. The van der Waals surface area contributed by atoms with Crippen molar-refractivity contribution >= 4 is 16.8 Å². The van der Waals surface area contributed by atoms with Gasteiger partial charge in [0.05, 0.1) is 23.3 Å². The molecule has 3 heterocycles. The first-order valence-corrected chi connectivity index (χ1v) is 11.7. The summed E-state index contributed by atoms with van der Waals surface area (Å²) in [5.74, 6) is 0.00220. The summed E-state index contributed by atoms with van der Waals surface area (Å²) in [5, 5.41) is 1.05. The van der Waals surface area contributed by atoms with Crippen LogP contribution in [0.1, 0.15) is 54.8 Å². The van der Waals surface area contributed by atoms with Crippen LogP contribution in [0.5, 0.6) is 0 Å². The highest BCUT2D eigenvalue weighted by Gasteiger charge is 2.45. The van der Waals surface area contributed by atoms with Gasteiger partial charge in [0.1, 0.15) is 5.69 Å². The van der Waals surface area contributed by atoms with E-state index in [0.717, 1.165) is 36.6 Å². The summed E-state index contributed by atoms with van der Waals surface area (Å²) in [6.45, 7) is 4.11. The number of hydrogen-bond acceptors (Lipinski definition) is 4. The van der Waals surface area contributed by atoms with Crippen molar-refractivity contribution in [1.82, 2.24) is 9.88 Å². The Hall–Kier alpha value is -2.76. The van der Waals surface area contributed by atoms with E-state index in [0.29, 0.717) is 25.4 Å². The molecule has 5 rings (SSSR count). The second-order valence-electron chi connectivity index (χ2n) is 8.90. The molecule has 32 heavy (non-hydrogen) atoms. The van der Waals surface area contributed by atoms with Gasteiger partial charge in [0, 0.05) is 37.9 Å². The number of amides is 1. The number of carbonyl (C=O) groups excluding carboxylic acids is 1. The number of carbonyl (C=O) groups is 1. The van der Waals surface area contributed by atoms with Crippen molar-refractivity contribution in [3.05, 3.63) is 78.0 Å². The normalized spacial score (nSPS) is 22.8. The molecular weight excluding hydrogens is 400 g/mol. The summed E-state index contributed by atoms with van der Waals surface area (Å²) in [5.41, 5.74) is 2.33. The van der Waals surface area contributed by atoms with E-state index in [9.17, 15) is 4.79 Å². The zero-order chi connectivity index (χ0) is 22.0. The molecule has 0 bridgehead atoms. The number of piperidine rings is 1. The van der Waals surface area contributed by atoms with Crippen LogP contribution in [0.2, 0.25) is 0 Å². The Bertz CT molecular complexity index is 1080. The second kappa shape index (κ2) is 9.00. The fourth-order valence-electron chi connectivity index (χ4n) is 5.16. The average molecular weight is 431 g/mol. The van der Waals surface area contributed by atoms with E-state index in [1.807, 2.05) is 47.4 Å². The molecule has 0 radical (unpaired) electrons. The van der Waals surface area contributed by atoms with Gasteiger partial charge in [-0.05, 0) is 37.5 Å². The van der Waals surface area contributed by atoms with Crippen molar-refractivity contribution in [3.8, 4) is 0 Å². The molecule has 5 nitrogen and oxygen atoms in total. The lowest BCUT2D eigenvalue weighted by Crippen LogP contribution is -2.52. The Balaban J connectivity index is 1.30. The highest BCUT2D eigenvalue weighted by Crippen LogP contribution is 2.44. The molecule has 2 fully saturated rings. The van der Waals surface area contributed by atoms with Gasteiger partial charge in [-0.15, -0.1) is 0 Å². The fraction of sp³-hybridized carbons (Fsp3) is 0.407. The molecule has 0 aliphatic carbocycles. The van der Waals surface area contributed by atoms with Crippen molar-refractivity contribution in [2.45, 2.75) is 50.4 Å². The van der Waals surface area contributed by atoms with Crippen molar-refractivity contribution in [2.75, 3.05) is 19.7 Å². The predicted molar refractivity (Wildman–Crippen MR) is 125 cm³/mol. The number of likely N-dealkylation sites (tertiary alicyclic amines) is 1. The van der Waals surface area contributed by atoms with Crippen LogP contribution in [0.25, 0.3) is 10.9 Å². The second-order valence-corrected chi connectivity index (χ2v) is 8.90. The first-order valence-electron chi connectivity index (χ1n) is 11.7. The largest absolute Gasteiger partial charge is 0.378 e. The van der Waals surface area contributed by atoms with Gasteiger partial charge >= 0.3 is 0 Å². The molecule has 2 aromatic carbocycles. The molecule has 5 heteroatoms. The van der Waals surface area contributed by atoms with Gasteiger partial charge in [-0.25, -0.2) is 4.98 Å². The highest BCUT2D eigenvalue weighted by atomic mass is 16.5. The van der Waals surface area contributed by atoms with Gasteiger partial charge in [0.2, 0.25) is 0 Å². The van der Waals surface area contributed by atoms with Crippen LogP contribution in [0.15, 0.2) is 66.7 Å². The van der Waals surface area contributed by atoms with E-state index in [1.54, 1.807) is 0 Å². The predicted octanol–water partition coefficient (Wildman–Crippen LogP) is 5.17. The van der Waals surface area contributed by atoms with Gasteiger partial charge in [-0.1, -0.05) is 54.6 Å². The SMILES string of the molecule is CCO[C@H]1C[C@@H](c2ccccc2)OC2(CCN(C(=O)c3ccc4ccccc4n3)CC2)C1. The number of benzene rings is 2. The Morgan fingerprint density at radius 2 is 1.81 bits per heavy atom. The van der Waals surface area contributed by atoms with Gasteiger partial charge in [0.15, 0.2) is 0 Å². The van der Waals surface area contributed by atoms with Crippen molar-refractivity contribution in [1.29, 1.82) is 0 Å². The van der Waals surface area contributed by atoms with Crippen LogP contribution in [0.4, 0.5) is 0 Å². The molecule has 2 aliphatic rings. The van der Waals surface area contributed by atoms with E-state index in [4.69, 9.17) is 9.47 Å². The first-order chi connectivity index (χ1) is 15.7. The number of fused-ring (bicyclic) bond motifs is 1. The van der Waals surface area contributed by atoms with Crippen molar-refractivity contribution in [3.63, 3.8) is 0 Å². The van der Waals surface area contributed by atoms with Gasteiger partial charge in [-0.2, -0.15) is 0 Å². The molecule has 0 N–H and O–H groups in total. The molecule has 1 aromatic heterocycles. The molecule has 3 aromatic rings. The van der Waals surface area contributed by atoms with E-state index in [-0.39, 0.29) is 23.7 Å². The van der Waals surface area contributed by atoms with E-state index >= 15 is 0 Å². The average Bonchev–Trinajstić information content (AvgIpc) is 2.84. The number of para-hydroxylation sites is 1. The molecule has 0 saturated carbocycles. The van der Waals surface area contributed by atoms with Crippen LogP contribution in [0, 0.1) is 0 Å². The fourth-order valence-corrected chi connectivity index (χ4v) is 5.16. The molecule has 0 unspecified atom stereocenters. The van der Waals surface area contributed by atoms with E-state index in [2.05, 4.69) is 36.2 Å². The molecule has 2 saturated heterocycles. The van der Waals surface area contributed by atoms with Crippen LogP contribution < -0.4 is 0 Å². The van der Waals surface area contributed by atoms with Crippen LogP contribution in [0.3, 0.4) is 0 Å². The summed E-state index contributed by atoms with van der Waals surface area (Å²) < 4.78 is 12.8. The first kappa shape index (κ1) is 21.1. The van der Waals surface area contributed by atoms with Crippen molar-refractivity contribution in [2.24, 2.45) is 0 Å². The minimum Gasteiger partial charge on any atom is -0.378 e. The maximum Gasteiger partial charge on any atom is 0.272 e. The Morgan fingerprint density at radius 1 is 1.06 bits per heavy atom. The maximum absolute atomic E-state index is 13.2. The lowest BCUT2D eigenvalue weighted by Gasteiger charge is -2.48. The van der Waals surface area contributed by atoms with Crippen LogP contribution in [-0.4, -0.2) is 47.2 Å². The lowest BCUT2D eigenvalue weighted by molar-refractivity contribution is -0.190. The number of rotatable bonds is 4. The number of ether oxygens (including phenoxy) is 2.